The third-order valence-electron chi connectivity index (χ3n) is 3.58. The molecule has 0 atom stereocenters. The molecule has 0 amide bonds. The van der Waals surface area contributed by atoms with E-state index in [9.17, 15) is 0 Å². The van der Waals surface area contributed by atoms with Crippen LogP contribution in [0.4, 0.5) is 0 Å². The summed E-state index contributed by atoms with van der Waals surface area (Å²) in [5.41, 5.74) is 2.45. The maximum atomic E-state index is 4.52. The van der Waals surface area contributed by atoms with Gasteiger partial charge in [0.15, 0.2) is 0 Å². The van der Waals surface area contributed by atoms with E-state index in [2.05, 4.69) is 44.8 Å². The van der Waals surface area contributed by atoms with Gasteiger partial charge >= 0.3 is 0 Å². The summed E-state index contributed by atoms with van der Waals surface area (Å²) >= 11 is 2.37. The number of halogens is 1. The lowest BCUT2D eigenvalue weighted by molar-refractivity contribution is 0.443. The summed E-state index contributed by atoms with van der Waals surface area (Å²) in [6.45, 7) is 0. The minimum Gasteiger partial charge on any atom is -0.345 e. The fourth-order valence-corrected chi connectivity index (χ4v) is 3.21. The fourth-order valence-electron chi connectivity index (χ4n) is 2.65. The lowest BCUT2D eigenvalue weighted by Gasteiger charge is -2.21. The molecule has 1 saturated carbocycles. The van der Waals surface area contributed by atoms with Crippen LogP contribution in [0.1, 0.15) is 43.6 Å². The summed E-state index contributed by atoms with van der Waals surface area (Å²) in [7, 11) is 0. The first-order valence-electron chi connectivity index (χ1n) is 5.97. The molecule has 0 aliphatic heterocycles. The SMILES string of the molecule is Ic1c[nH]c2ncc(C3CCCCC3)cc12. The Morgan fingerprint density at radius 3 is 2.88 bits per heavy atom. The van der Waals surface area contributed by atoms with Crippen molar-refractivity contribution in [1.82, 2.24) is 9.97 Å². The van der Waals surface area contributed by atoms with E-state index in [1.54, 1.807) is 0 Å². The van der Waals surface area contributed by atoms with Gasteiger partial charge in [0, 0.05) is 21.4 Å². The molecule has 3 heteroatoms. The third-order valence-corrected chi connectivity index (χ3v) is 4.47. The van der Waals surface area contributed by atoms with Gasteiger partial charge in [0.05, 0.1) is 0 Å². The topological polar surface area (TPSA) is 28.7 Å². The Morgan fingerprint density at radius 2 is 2.06 bits per heavy atom. The summed E-state index contributed by atoms with van der Waals surface area (Å²) in [5.74, 6) is 0.747. The van der Waals surface area contributed by atoms with Crippen molar-refractivity contribution in [3.05, 3.63) is 27.6 Å². The molecule has 2 nitrogen and oxygen atoms in total. The maximum Gasteiger partial charge on any atom is 0.138 e. The smallest absolute Gasteiger partial charge is 0.138 e. The highest BCUT2D eigenvalue weighted by Crippen LogP contribution is 2.33. The molecule has 0 spiro atoms. The van der Waals surface area contributed by atoms with Crippen molar-refractivity contribution >= 4 is 33.6 Å². The molecule has 2 aromatic heterocycles. The van der Waals surface area contributed by atoms with Crippen molar-refractivity contribution in [3.8, 4) is 0 Å². The van der Waals surface area contributed by atoms with E-state index in [0.717, 1.165) is 11.6 Å². The maximum absolute atomic E-state index is 4.52. The van der Waals surface area contributed by atoms with Gasteiger partial charge in [-0.05, 0) is 53.0 Å². The lowest BCUT2D eigenvalue weighted by Crippen LogP contribution is -2.04. The number of H-pyrrole nitrogens is 1. The van der Waals surface area contributed by atoms with Crippen molar-refractivity contribution < 1.29 is 0 Å². The van der Waals surface area contributed by atoms with Crippen molar-refractivity contribution in [2.24, 2.45) is 0 Å². The fraction of sp³-hybridized carbons (Fsp3) is 0.462. The van der Waals surface area contributed by atoms with Crippen LogP contribution in [0.25, 0.3) is 11.0 Å². The van der Waals surface area contributed by atoms with Gasteiger partial charge in [-0.1, -0.05) is 19.3 Å². The molecule has 2 aromatic rings. The molecule has 1 fully saturated rings. The summed E-state index contributed by atoms with van der Waals surface area (Å²) in [5, 5.41) is 1.28. The predicted octanol–water partition coefficient (Wildman–Crippen LogP) is 4.22. The first kappa shape index (κ1) is 10.6. The van der Waals surface area contributed by atoms with E-state index in [1.165, 1.54) is 46.6 Å². The number of nitrogens with zero attached hydrogens (tertiary/aromatic N) is 1. The Hall–Kier alpha value is -0.580. The Morgan fingerprint density at radius 1 is 1.25 bits per heavy atom. The summed E-state index contributed by atoms with van der Waals surface area (Å²) in [6, 6.07) is 2.33. The first-order chi connectivity index (χ1) is 7.84. The highest BCUT2D eigenvalue weighted by atomic mass is 127. The van der Waals surface area contributed by atoms with E-state index in [-0.39, 0.29) is 0 Å². The molecule has 84 valence electrons. The molecular weight excluding hydrogens is 311 g/mol. The summed E-state index contributed by atoms with van der Waals surface area (Å²) in [4.78, 5) is 7.72. The molecule has 2 heterocycles. The van der Waals surface area contributed by atoms with Gasteiger partial charge in [-0.25, -0.2) is 4.98 Å². The molecule has 1 aliphatic rings. The molecule has 1 N–H and O–H groups in total. The van der Waals surface area contributed by atoms with Crippen LogP contribution in [-0.4, -0.2) is 9.97 Å². The second-order valence-corrected chi connectivity index (χ2v) is 5.80. The zero-order valence-corrected chi connectivity index (χ0v) is 11.3. The van der Waals surface area contributed by atoms with Gasteiger partial charge in [-0.15, -0.1) is 0 Å². The Kier molecular flexibility index (Phi) is 2.88. The van der Waals surface area contributed by atoms with Crippen molar-refractivity contribution in [3.63, 3.8) is 0 Å². The highest BCUT2D eigenvalue weighted by Gasteiger charge is 2.16. The van der Waals surface area contributed by atoms with Crippen molar-refractivity contribution in [2.45, 2.75) is 38.0 Å². The number of hydrogen-bond donors (Lipinski definition) is 1. The van der Waals surface area contributed by atoms with Crippen LogP contribution >= 0.6 is 22.6 Å². The number of nitrogens with one attached hydrogen (secondary N) is 1. The zero-order chi connectivity index (χ0) is 11.0. The molecule has 16 heavy (non-hydrogen) atoms. The van der Waals surface area contributed by atoms with Gasteiger partial charge < -0.3 is 4.98 Å². The Bertz CT molecular complexity index is 498. The lowest BCUT2D eigenvalue weighted by atomic mass is 9.84. The van der Waals surface area contributed by atoms with Gasteiger partial charge in [0.25, 0.3) is 0 Å². The largest absolute Gasteiger partial charge is 0.345 e. The van der Waals surface area contributed by atoms with Gasteiger partial charge in [-0.3, -0.25) is 0 Å². The predicted molar refractivity (Wildman–Crippen MR) is 74.6 cm³/mol. The third kappa shape index (κ3) is 1.85. The van der Waals surface area contributed by atoms with E-state index in [4.69, 9.17) is 0 Å². The Labute approximate surface area is 109 Å². The number of hydrogen-bond acceptors (Lipinski definition) is 1. The Balaban J connectivity index is 1.99. The van der Waals surface area contributed by atoms with Crippen molar-refractivity contribution in [2.75, 3.05) is 0 Å². The van der Waals surface area contributed by atoms with Crippen LogP contribution in [-0.2, 0) is 0 Å². The minimum absolute atomic E-state index is 0.747. The van der Waals surface area contributed by atoms with E-state index < -0.39 is 0 Å². The molecule has 0 bridgehead atoms. The molecular formula is C13H15IN2. The van der Waals surface area contributed by atoms with Crippen LogP contribution < -0.4 is 0 Å². The van der Waals surface area contributed by atoms with Crippen LogP contribution in [0.2, 0.25) is 0 Å². The van der Waals surface area contributed by atoms with Crippen molar-refractivity contribution in [1.29, 1.82) is 0 Å². The number of aromatic amines is 1. The molecule has 0 aromatic carbocycles. The van der Waals surface area contributed by atoms with Crippen LogP contribution in [0.3, 0.4) is 0 Å². The quantitative estimate of drug-likeness (QED) is 0.781. The monoisotopic (exact) mass is 326 g/mol. The second-order valence-electron chi connectivity index (χ2n) is 4.64. The van der Waals surface area contributed by atoms with E-state index in [1.807, 2.05) is 6.20 Å². The van der Waals surface area contributed by atoms with Crippen LogP contribution in [0.15, 0.2) is 18.5 Å². The van der Waals surface area contributed by atoms with Gasteiger partial charge in [0.2, 0.25) is 0 Å². The number of rotatable bonds is 1. The minimum atomic E-state index is 0.747. The number of aromatic nitrogens is 2. The van der Waals surface area contributed by atoms with E-state index in [0.29, 0.717) is 0 Å². The molecule has 0 unspecified atom stereocenters. The summed E-state index contributed by atoms with van der Waals surface area (Å²) in [6.07, 6.45) is 10.9. The van der Waals surface area contributed by atoms with Gasteiger partial charge in [-0.2, -0.15) is 0 Å². The van der Waals surface area contributed by atoms with E-state index >= 15 is 0 Å². The molecule has 1 aliphatic carbocycles. The van der Waals surface area contributed by atoms with Crippen LogP contribution in [0, 0.1) is 3.57 Å². The second kappa shape index (κ2) is 4.35. The molecule has 0 saturated heterocycles. The average molecular weight is 326 g/mol. The van der Waals surface area contributed by atoms with Gasteiger partial charge in [0.1, 0.15) is 5.65 Å². The standard InChI is InChI=1S/C13H15IN2/c14-12-8-16-13-11(12)6-10(7-15-13)9-4-2-1-3-5-9/h6-9H,1-5H2,(H,15,16). The highest BCUT2D eigenvalue weighted by molar-refractivity contribution is 14.1. The number of pyridine rings is 1. The average Bonchev–Trinajstić information content (AvgIpc) is 2.72. The molecule has 0 radical (unpaired) electrons. The normalized spacial score (nSPS) is 18.1. The first-order valence-corrected chi connectivity index (χ1v) is 7.05. The number of fused-ring (bicyclic) bond motifs is 1. The van der Waals surface area contributed by atoms with Crippen LogP contribution in [0.5, 0.6) is 0 Å². The molecule has 3 rings (SSSR count). The zero-order valence-electron chi connectivity index (χ0n) is 9.17. The summed E-state index contributed by atoms with van der Waals surface area (Å²) < 4.78 is 1.28.